The molecule has 4 N–H and O–H groups in total. The minimum atomic E-state index is -4.04. The third kappa shape index (κ3) is 2.88. The monoisotopic (exact) mass is 237 g/mol. The van der Waals surface area contributed by atoms with E-state index in [-0.39, 0.29) is 13.1 Å². The van der Waals surface area contributed by atoms with Crippen molar-refractivity contribution in [2.45, 2.75) is 12.5 Å². The Bertz CT molecular complexity index is 378. The van der Waals surface area contributed by atoms with E-state index in [0.717, 1.165) is 0 Å². The molecule has 0 aliphatic carbocycles. The Kier molecular flexibility index (Phi) is 3.27. The molecule has 1 fully saturated rings. The van der Waals surface area contributed by atoms with Gasteiger partial charge in [-0.05, 0) is 0 Å². The van der Waals surface area contributed by atoms with Crippen molar-refractivity contribution < 1.29 is 23.1 Å². The number of nitrogens with one attached hydrogen (secondary N) is 1. The first-order valence-electron chi connectivity index (χ1n) is 4.11. The SMILES string of the molecule is NS(=O)(=O)N1CCNC(=O)C1CC(=O)O. The molecule has 1 aliphatic heterocycles. The third-order valence-corrected chi connectivity index (χ3v) is 3.07. The van der Waals surface area contributed by atoms with E-state index in [1.807, 2.05) is 0 Å². The Morgan fingerprint density at radius 1 is 1.67 bits per heavy atom. The van der Waals surface area contributed by atoms with Crippen LogP contribution >= 0.6 is 0 Å². The molecular formula is C6H11N3O5S. The molecule has 0 saturated carbocycles. The van der Waals surface area contributed by atoms with E-state index in [0.29, 0.717) is 4.31 Å². The number of carboxylic acid groups (broad SMARTS) is 1. The summed E-state index contributed by atoms with van der Waals surface area (Å²) in [5.74, 6) is -1.90. The molecular weight excluding hydrogens is 226 g/mol. The van der Waals surface area contributed by atoms with E-state index in [4.69, 9.17) is 10.2 Å². The molecule has 1 atom stereocenters. The highest BCUT2D eigenvalue weighted by Gasteiger charge is 2.37. The van der Waals surface area contributed by atoms with Crippen LogP contribution < -0.4 is 10.5 Å². The number of piperazine rings is 1. The first-order chi connectivity index (χ1) is 6.82. The Morgan fingerprint density at radius 2 is 2.27 bits per heavy atom. The van der Waals surface area contributed by atoms with Gasteiger partial charge in [-0.25, -0.2) is 5.14 Å². The van der Waals surface area contributed by atoms with Crippen molar-refractivity contribution >= 4 is 22.1 Å². The Labute approximate surface area is 86.2 Å². The van der Waals surface area contributed by atoms with Gasteiger partial charge in [0.2, 0.25) is 5.91 Å². The van der Waals surface area contributed by atoms with Gasteiger partial charge in [-0.3, -0.25) is 9.59 Å². The van der Waals surface area contributed by atoms with Gasteiger partial charge in [0.1, 0.15) is 6.04 Å². The summed E-state index contributed by atoms with van der Waals surface area (Å²) in [6.45, 7) is 0.119. The van der Waals surface area contributed by atoms with Gasteiger partial charge >= 0.3 is 5.97 Å². The van der Waals surface area contributed by atoms with Gasteiger partial charge in [-0.15, -0.1) is 0 Å². The van der Waals surface area contributed by atoms with Crippen molar-refractivity contribution in [3.8, 4) is 0 Å². The summed E-state index contributed by atoms with van der Waals surface area (Å²) in [4.78, 5) is 21.7. The lowest BCUT2D eigenvalue weighted by Gasteiger charge is -2.31. The quantitative estimate of drug-likeness (QED) is 0.498. The number of aliphatic carboxylic acids is 1. The standard InChI is InChI=1S/C6H11N3O5S/c7-15(13,14)9-2-1-8-6(12)4(9)3-5(10)11/h4H,1-3H2,(H,8,12)(H,10,11)(H2,7,13,14). The minimum Gasteiger partial charge on any atom is -0.481 e. The minimum absolute atomic E-state index is 0.0114. The van der Waals surface area contributed by atoms with E-state index in [2.05, 4.69) is 5.32 Å². The molecule has 0 aromatic rings. The molecule has 1 aliphatic rings. The van der Waals surface area contributed by atoms with Crippen LogP contribution in [-0.4, -0.2) is 48.8 Å². The highest BCUT2D eigenvalue weighted by molar-refractivity contribution is 7.86. The summed E-state index contributed by atoms with van der Waals surface area (Å²) in [7, 11) is -4.04. The molecule has 1 amide bonds. The molecule has 0 radical (unpaired) electrons. The van der Waals surface area contributed by atoms with Gasteiger partial charge < -0.3 is 10.4 Å². The number of amides is 1. The fraction of sp³-hybridized carbons (Fsp3) is 0.667. The second-order valence-corrected chi connectivity index (χ2v) is 4.56. The summed E-state index contributed by atoms with van der Waals surface area (Å²) in [5.41, 5.74) is 0. The third-order valence-electron chi connectivity index (χ3n) is 1.98. The van der Waals surface area contributed by atoms with Crippen molar-refractivity contribution in [2.75, 3.05) is 13.1 Å². The largest absolute Gasteiger partial charge is 0.481 e. The predicted octanol–water partition coefficient (Wildman–Crippen LogP) is -2.53. The molecule has 1 saturated heterocycles. The van der Waals surface area contributed by atoms with E-state index >= 15 is 0 Å². The number of rotatable bonds is 3. The molecule has 0 bridgehead atoms. The van der Waals surface area contributed by atoms with Crippen LogP contribution in [0.2, 0.25) is 0 Å². The van der Waals surface area contributed by atoms with Crippen LogP contribution in [0.1, 0.15) is 6.42 Å². The Morgan fingerprint density at radius 3 is 2.73 bits per heavy atom. The highest BCUT2D eigenvalue weighted by Crippen LogP contribution is 2.11. The number of carbonyl (C=O) groups is 2. The maximum atomic E-state index is 11.3. The number of hydrogen-bond donors (Lipinski definition) is 3. The molecule has 1 heterocycles. The van der Waals surface area contributed by atoms with Crippen molar-refractivity contribution in [2.24, 2.45) is 5.14 Å². The molecule has 9 heteroatoms. The fourth-order valence-electron chi connectivity index (χ4n) is 1.36. The average molecular weight is 237 g/mol. The van der Waals surface area contributed by atoms with Gasteiger partial charge in [0.15, 0.2) is 0 Å². The maximum absolute atomic E-state index is 11.3. The molecule has 8 nitrogen and oxygen atoms in total. The van der Waals surface area contributed by atoms with Crippen molar-refractivity contribution in [1.29, 1.82) is 0 Å². The van der Waals surface area contributed by atoms with E-state index in [9.17, 15) is 18.0 Å². The number of carboxylic acids is 1. The highest BCUT2D eigenvalue weighted by atomic mass is 32.2. The summed E-state index contributed by atoms with van der Waals surface area (Å²) < 4.78 is 22.8. The van der Waals surface area contributed by atoms with Gasteiger partial charge in [0.25, 0.3) is 10.2 Å². The zero-order valence-corrected chi connectivity index (χ0v) is 8.53. The zero-order chi connectivity index (χ0) is 11.6. The van der Waals surface area contributed by atoms with Crippen molar-refractivity contribution in [3.63, 3.8) is 0 Å². The lowest BCUT2D eigenvalue weighted by Crippen LogP contribution is -2.59. The zero-order valence-electron chi connectivity index (χ0n) is 7.71. The van der Waals surface area contributed by atoms with Crippen LogP contribution in [0.25, 0.3) is 0 Å². The molecule has 0 aromatic carbocycles. The lowest BCUT2D eigenvalue weighted by atomic mass is 10.1. The Balaban J connectivity index is 2.92. The number of nitrogens with two attached hydrogens (primary N) is 1. The van der Waals surface area contributed by atoms with Crippen LogP contribution in [-0.2, 0) is 19.8 Å². The van der Waals surface area contributed by atoms with Crippen LogP contribution in [0.15, 0.2) is 0 Å². The van der Waals surface area contributed by atoms with Gasteiger partial charge in [0.05, 0.1) is 6.42 Å². The summed E-state index contributed by atoms with van der Waals surface area (Å²) in [6.07, 6.45) is -0.595. The van der Waals surface area contributed by atoms with Crippen LogP contribution in [0, 0.1) is 0 Å². The average Bonchev–Trinajstić information content (AvgIpc) is 2.05. The van der Waals surface area contributed by atoms with Gasteiger partial charge in [0, 0.05) is 13.1 Å². The molecule has 1 unspecified atom stereocenters. The Hall–Kier alpha value is -1.19. The van der Waals surface area contributed by atoms with Gasteiger partial charge in [-0.1, -0.05) is 0 Å². The molecule has 15 heavy (non-hydrogen) atoms. The summed E-state index contributed by atoms with van der Waals surface area (Å²) in [5, 5.41) is 15.8. The number of nitrogens with zero attached hydrogens (tertiary/aromatic N) is 1. The normalized spacial score (nSPS) is 23.5. The first-order valence-corrected chi connectivity index (χ1v) is 5.62. The second-order valence-electron chi connectivity index (χ2n) is 3.06. The first kappa shape index (κ1) is 11.9. The topological polar surface area (TPSA) is 130 Å². The molecule has 0 aromatic heterocycles. The number of carbonyl (C=O) groups excluding carboxylic acids is 1. The molecule has 0 spiro atoms. The van der Waals surface area contributed by atoms with Crippen LogP contribution in [0.5, 0.6) is 0 Å². The molecule has 1 rings (SSSR count). The summed E-state index contributed by atoms with van der Waals surface area (Å²) in [6, 6.07) is -1.26. The molecule has 86 valence electrons. The van der Waals surface area contributed by atoms with E-state index < -0.39 is 34.5 Å². The lowest BCUT2D eigenvalue weighted by molar-refractivity contribution is -0.141. The van der Waals surface area contributed by atoms with Crippen LogP contribution in [0.3, 0.4) is 0 Å². The fourth-order valence-corrected chi connectivity index (χ4v) is 2.23. The van der Waals surface area contributed by atoms with E-state index in [1.54, 1.807) is 0 Å². The number of hydrogen-bond acceptors (Lipinski definition) is 4. The predicted molar refractivity (Wildman–Crippen MR) is 48.9 cm³/mol. The second kappa shape index (κ2) is 4.13. The maximum Gasteiger partial charge on any atom is 0.305 e. The van der Waals surface area contributed by atoms with Crippen molar-refractivity contribution in [1.82, 2.24) is 9.62 Å². The smallest absolute Gasteiger partial charge is 0.305 e. The summed E-state index contributed by atoms with van der Waals surface area (Å²) >= 11 is 0. The van der Waals surface area contributed by atoms with Gasteiger partial charge in [-0.2, -0.15) is 12.7 Å². The van der Waals surface area contributed by atoms with Crippen molar-refractivity contribution in [3.05, 3.63) is 0 Å². The van der Waals surface area contributed by atoms with E-state index in [1.165, 1.54) is 0 Å². The van der Waals surface area contributed by atoms with Crippen LogP contribution in [0.4, 0.5) is 0 Å².